The lowest BCUT2D eigenvalue weighted by molar-refractivity contribution is -0.116. The maximum atomic E-state index is 12.4. The van der Waals surface area contributed by atoms with Crippen molar-refractivity contribution in [1.29, 1.82) is 0 Å². The molecule has 1 saturated carbocycles. The molecular formula is C21H26N2O. The summed E-state index contributed by atoms with van der Waals surface area (Å²) in [4.78, 5) is 18.7. The second kappa shape index (κ2) is 7.16. The second-order valence-electron chi connectivity index (χ2n) is 7.00. The van der Waals surface area contributed by atoms with Gasteiger partial charge in [0.2, 0.25) is 5.91 Å². The summed E-state index contributed by atoms with van der Waals surface area (Å²) >= 11 is 0. The van der Waals surface area contributed by atoms with Gasteiger partial charge in [-0.3, -0.25) is 9.69 Å². The summed E-state index contributed by atoms with van der Waals surface area (Å²) in [6, 6.07) is 14.7. The van der Waals surface area contributed by atoms with Crippen LogP contribution in [0.5, 0.6) is 0 Å². The number of benzene rings is 1. The fourth-order valence-electron chi connectivity index (χ4n) is 3.88. The zero-order valence-electron chi connectivity index (χ0n) is 14.7. The van der Waals surface area contributed by atoms with Gasteiger partial charge in [-0.1, -0.05) is 49.6 Å². The molecule has 0 bridgehead atoms. The van der Waals surface area contributed by atoms with Crippen molar-refractivity contribution in [3.05, 3.63) is 59.8 Å². The number of rotatable bonds is 4. The quantitative estimate of drug-likeness (QED) is 0.821. The van der Waals surface area contributed by atoms with E-state index in [1.165, 1.54) is 24.8 Å². The molecule has 1 aromatic carbocycles. The first-order valence-corrected chi connectivity index (χ1v) is 8.87. The molecule has 3 heteroatoms. The van der Waals surface area contributed by atoms with Crippen LogP contribution < -0.4 is 4.90 Å². The van der Waals surface area contributed by atoms with Crippen LogP contribution in [-0.4, -0.2) is 17.4 Å². The summed E-state index contributed by atoms with van der Waals surface area (Å²) in [6.07, 6.45) is 7.79. The van der Waals surface area contributed by atoms with Gasteiger partial charge >= 0.3 is 0 Å². The number of hydrogen-bond acceptors (Lipinski definition) is 2. The second-order valence-corrected chi connectivity index (χ2v) is 7.00. The third-order valence-corrected chi connectivity index (χ3v) is 5.22. The van der Waals surface area contributed by atoms with Gasteiger partial charge in [-0.25, -0.2) is 4.98 Å². The molecule has 0 atom stereocenters. The van der Waals surface area contributed by atoms with Crippen molar-refractivity contribution in [1.82, 2.24) is 4.98 Å². The lowest BCUT2D eigenvalue weighted by atomic mass is 9.69. The highest BCUT2D eigenvalue weighted by Crippen LogP contribution is 2.40. The van der Waals surface area contributed by atoms with Gasteiger partial charge in [-0.05, 0) is 43.0 Å². The molecule has 0 spiro atoms. The lowest BCUT2D eigenvalue weighted by Gasteiger charge is -2.41. The maximum absolute atomic E-state index is 12.4. The van der Waals surface area contributed by atoms with Crippen molar-refractivity contribution in [2.75, 3.05) is 11.4 Å². The minimum absolute atomic E-state index is 0.0383. The van der Waals surface area contributed by atoms with E-state index in [0.717, 1.165) is 24.2 Å². The Morgan fingerprint density at radius 1 is 1.12 bits per heavy atom. The Morgan fingerprint density at radius 2 is 1.83 bits per heavy atom. The number of carbonyl (C=O) groups excluding carboxylic acids is 1. The van der Waals surface area contributed by atoms with Crippen LogP contribution in [0.15, 0.2) is 48.7 Å². The van der Waals surface area contributed by atoms with E-state index in [2.05, 4.69) is 35.3 Å². The van der Waals surface area contributed by atoms with Crippen LogP contribution in [0.3, 0.4) is 0 Å². The molecule has 0 aliphatic heterocycles. The number of anilines is 1. The van der Waals surface area contributed by atoms with E-state index in [9.17, 15) is 4.79 Å². The van der Waals surface area contributed by atoms with E-state index in [1.54, 1.807) is 13.1 Å². The van der Waals surface area contributed by atoms with Crippen molar-refractivity contribution in [2.45, 2.75) is 51.4 Å². The normalized spacial score (nSPS) is 16.6. The number of amides is 1. The van der Waals surface area contributed by atoms with E-state index < -0.39 is 0 Å². The fraction of sp³-hybridized carbons (Fsp3) is 0.429. The van der Waals surface area contributed by atoms with E-state index in [-0.39, 0.29) is 11.3 Å². The molecule has 0 saturated heterocycles. The zero-order valence-corrected chi connectivity index (χ0v) is 14.7. The van der Waals surface area contributed by atoms with Crippen molar-refractivity contribution in [3.8, 4) is 0 Å². The largest absolute Gasteiger partial charge is 0.296 e. The highest BCUT2D eigenvalue weighted by molar-refractivity contribution is 5.90. The van der Waals surface area contributed by atoms with Gasteiger partial charge in [-0.15, -0.1) is 0 Å². The Morgan fingerprint density at radius 3 is 2.46 bits per heavy atom. The van der Waals surface area contributed by atoms with E-state index in [4.69, 9.17) is 0 Å². The summed E-state index contributed by atoms with van der Waals surface area (Å²) < 4.78 is 0. The molecule has 0 radical (unpaired) electrons. The molecule has 3 rings (SSSR count). The van der Waals surface area contributed by atoms with E-state index in [0.29, 0.717) is 6.54 Å². The Balaban J connectivity index is 1.97. The van der Waals surface area contributed by atoms with Crippen LogP contribution in [0.1, 0.15) is 50.2 Å². The Labute approximate surface area is 144 Å². The zero-order chi connectivity index (χ0) is 17.0. The number of nitrogens with zero attached hydrogens (tertiary/aromatic N) is 2. The predicted molar refractivity (Wildman–Crippen MR) is 98.2 cm³/mol. The Hall–Kier alpha value is -2.16. The molecule has 24 heavy (non-hydrogen) atoms. The topological polar surface area (TPSA) is 33.2 Å². The molecule has 1 aromatic heterocycles. The lowest BCUT2D eigenvalue weighted by Crippen LogP contribution is -2.45. The Kier molecular flexibility index (Phi) is 4.98. The van der Waals surface area contributed by atoms with Crippen LogP contribution in [0.25, 0.3) is 0 Å². The van der Waals surface area contributed by atoms with Gasteiger partial charge < -0.3 is 0 Å². The summed E-state index contributed by atoms with van der Waals surface area (Å²) in [6.45, 7) is 4.39. The van der Waals surface area contributed by atoms with Crippen LogP contribution in [0.4, 0.5) is 5.82 Å². The molecule has 1 heterocycles. The molecule has 1 fully saturated rings. The molecule has 2 aromatic rings. The van der Waals surface area contributed by atoms with Gasteiger partial charge in [0.15, 0.2) is 0 Å². The van der Waals surface area contributed by atoms with Gasteiger partial charge in [0.25, 0.3) is 0 Å². The summed E-state index contributed by atoms with van der Waals surface area (Å²) in [7, 11) is 0. The average molecular weight is 322 g/mol. The minimum Gasteiger partial charge on any atom is -0.296 e. The smallest absolute Gasteiger partial charge is 0.225 e. The number of hydrogen-bond donors (Lipinski definition) is 0. The SMILES string of the molecule is CC(=O)N(CC1(c2ccccc2)CCCCC1)c1cc(C)ccn1. The molecule has 0 unspecified atom stereocenters. The summed E-state index contributed by atoms with van der Waals surface area (Å²) in [5.74, 6) is 0.831. The summed E-state index contributed by atoms with van der Waals surface area (Å²) in [5.41, 5.74) is 2.52. The van der Waals surface area contributed by atoms with Crippen LogP contribution in [0.2, 0.25) is 0 Å². The van der Waals surface area contributed by atoms with Crippen molar-refractivity contribution in [3.63, 3.8) is 0 Å². The first-order chi connectivity index (χ1) is 11.6. The first kappa shape index (κ1) is 16.7. The number of aromatic nitrogens is 1. The number of aryl methyl sites for hydroxylation is 1. The third kappa shape index (κ3) is 3.50. The average Bonchev–Trinajstić information content (AvgIpc) is 2.61. The molecule has 1 aliphatic rings. The van der Waals surface area contributed by atoms with Crippen LogP contribution in [-0.2, 0) is 10.2 Å². The monoisotopic (exact) mass is 322 g/mol. The van der Waals surface area contributed by atoms with Gasteiger partial charge in [0, 0.05) is 25.1 Å². The first-order valence-electron chi connectivity index (χ1n) is 8.87. The predicted octanol–water partition coefficient (Wildman–Crippen LogP) is 4.65. The fourth-order valence-corrected chi connectivity index (χ4v) is 3.88. The minimum atomic E-state index is 0.0383. The van der Waals surface area contributed by atoms with E-state index >= 15 is 0 Å². The highest BCUT2D eigenvalue weighted by Gasteiger charge is 2.37. The molecule has 1 amide bonds. The van der Waals surface area contributed by atoms with Gasteiger partial charge in [-0.2, -0.15) is 0 Å². The Bertz CT molecular complexity index is 690. The number of pyridine rings is 1. The standard InChI is InChI=1S/C21H26N2O/c1-17-11-14-22-20(15-17)23(18(2)24)16-21(12-7-4-8-13-21)19-9-5-3-6-10-19/h3,5-6,9-11,14-15H,4,7-8,12-13,16H2,1-2H3. The summed E-state index contributed by atoms with van der Waals surface area (Å²) in [5, 5.41) is 0. The van der Waals surface area contributed by atoms with Gasteiger partial charge in [0.05, 0.1) is 0 Å². The molecule has 1 aliphatic carbocycles. The van der Waals surface area contributed by atoms with Gasteiger partial charge in [0.1, 0.15) is 5.82 Å². The van der Waals surface area contributed by atoms with Crippen molar-refractivity contribution >= 4 is 11.7 Å². The highest BCUT2D eigenvalue weighted by atomic mass is 16.2. The molecule has 126 valence electrons. The maximum Gasteiger partial charge on any atom is 0.225 e. The van der Waals surface area contributed by atoms with Crippen LogP contribution >= 0.6 is 0 Å². The van der Waals surface area contributed by atoms with E-state index in [1.807, 2.05) is 24.0 Å². The molecule has 3 nitrogen and oxygen atoms in total. The third-order valence-electron chi connectivity index (χ3n) is 5.22. The molecule has 0 N–H and O–H groups in total. The van der Waals surface area contributed by atoms with Crippen LogP contribution in [0, 0.1) is 6.92 Å². The van der Waals surface area contributed by atoms with Crippen molar-refractivity contribution in [2.24, 2.45) is 0 Å². The number of carbonyl (C=O) groups is 1. The van der Waals surface area contributed by atoms with Crippen molar-refractivity contribution < 1.29 is 4.79 Å². The molecular weight excluding hydrogens is 296 g/mol.